The van der Waals surface area contributed by atoms with Gasteiger partial charge in [0.2, 0.25) is 0 Å². The van der Waals surface area contributed by atoms with Gasteiger partial charge in [0.05, 0.1) is 19.3 Å². The van der Waals surface area contributed by atoms with Crippen LogP contribution in [0, 0.1) is 0 Å². The molecule has 0 N–H and O–H groups in total. The van der Waals surface area contributed by atoms with Crippen molar-refractivity contribution in [2.45, 2.75) is 44.9 Å². The van der Waals surface area contributed by atoms with Gasteiger partial charge in [-0.1, -0.05) is 26.0 Å². The molecule has 0 radical (unpaired) electrons. The van der Waals surface area contributed by atoms with Gasteiger partial charge >= 0.3 is 5.97 Å². The maximum Gasteiger partial charge on any atom is 0.338 e. The van der Waals surface area contributed by atoms with E-state index in [0.717, 1.165) is 42.1 Å². The Morgan fingerprint density at radius 2 is 2.06 bits per heavy atom. The van der Waals surface area contributed by atoms with Gasteiger partial charge in [-0.2, -0.15) is 0 Å². The van der Waals surface area contributed by atoms with Crippen molar-refractivity contribution in [3.8, 4) is 5.75 Å². The van der Waals surface area contributed by atoms with Crippen LogP contribution in [-0.2, 0) is 11.2 Å². The van der Waals surface area contributed by atoms with Crippen LogP contribution in [0.5, 0.6) is 5.75 Å². The van der Waals surface area contributed by atoms with Crippen LogP contribution in [0.1, 0.15) is 65.6 Å². The lowest BCUT2D eigenvalue weighted by atomic mass is 9.87. The van der Waals surface area contributed by atoms with Crippen LogP contribution in [0.25, 0.3) is 0 Å². The predicted octanol–water partition coefficient (Wildman–Crippen LogP) is 5.65. The van der Waals surface area contributed by atoms with Gasteiger partial charge in [-0.15, -0.1) is 0 Å². The number of aromatic nitrogens is 2. The van der Waals surface area contributed by atoms with Crippen LogP contribution in [0.4, 0.5) is 11.5 Å². The number of hydrogen-bond acceptors (Lipinski definition) is 6. The molecule has 1 aromatic carbocycles. The molecule has 4 rings (SSSR count). The molecule has 0 aliphatic carbocycles. The van der Waals surface area contributed by atoms with E-state index in [-0.39, 0.29) is 5.97 Å². The maximum atomic E-state index is 12.1. The van der Waals surface area contributed by atoms with Crippen molar-refractivity contribution < 1.29 is 14.3 Å². The van der Waals surface area contributed by atoms with Crippen molar-refractivity contribution in [3.63, 3.8) is 0 Å². The molecule has 3 heterocycles. The highest BCUT2D eigenvalue weighted by Crippen LogP contribution is 2.39. The number of benzene rings is 1. The summed E-state index contributed by atoms with van der Waals surface area (Å²) in [6, 6.07) is 12.3. The molecule has 0 unspecified atom stereocenters. The van der Waals surface area contributed by atoms with E-state index in [1.165, 1.54) is 18.2 Å². The van der Waals surface area contributed by atoms with E-state index in [1.54, 1.807) is 18.5 Å². The number of esters is 1. The first kappa shape index (κ1) is 22.8. The van der Waals surface area contributed by atoms with E-state index in [4.69, 9.17) is 9.47 Å². The van der Waals surface area contributed by atoms with Gasteiger partial charge in [-0.3, -0.25) is 4.98 Å². The van der Waals surface area contributed by atoms with Crippen molar-refractivity contribution in [2.75, 3.05) is 25.7 Å². The summed E-state index contributed by atoms with van der Waals surface area (Å²) < 4.78 is 10.9. The molecular weight excluding hydrogens is 414 g/mol. The number of ether oxygens (including phenoxy) is 2. The summed E-state index contributed by atoms with van der Waals surface area (Å²) in [6.07, 6.45) is 7.97. The Balaban J connectivity index is 1.50. The van der Waals surface area contributed by atoms with Crippen LogP contribution < -0.4 is 9.64 Å². The molecule has 6 nitrogen and oxygen atoms in total. The lowest BCUT2D eigenvalue weighted by Gasteiger charge is -2.28. The molecule has 2 aromatic heterocycles. The quantitative estimate of drug-likeness (QED) is 0.438. The Bertz CT molecular complexity index is 1110. The van der Waals surface area contributed by atoms with Gasteiger partial charge in [0.15, 0.2) is 0 Å². The molecule has 172 valence electrons. The molecule has 3 aromatic rings. The second-order valence-corrected chi connectivity index (χ2v) is 8.78. The summed E-state index contributed by atoms with van der Waals surface area (Å²) in [6.45, 7) is 5.02. The van der Waals surface area contributed by atoms with E-state index in [0.29, 0.717) is 24.0 Å². The Kier molecular flexibility index (Phi) is 6.92. The van der Waals surface area contributed by atoms with Gasteiger partial charge in [-0.05, 0) is 66.0 Å². The molecular formula is C27H31N3O3. The molecule has 33 heavy (non-hydrogen) atoms. The highest BCUT2D eigenvalue weighted by Gasteiger charge is 2.23. The number of aryl methyl sites for hydroxylation is 1. The minimum Gasteiger partial charge on any atom is -0.493 e. The number of nitrogens with zero attached hydrogens (tertiary/aromatic N) is 3. The van der Waals surface area contributed by atoms with Crippen LogP contribution in [0.15, 0.2) is 55.0 Å². The standard InChI is InChI=1S/C27H31N3O3/c1-18(2)20-7-10-26(29-17-20)30(3)22-8-9-23-19(12-14-33-25(23)15-22)5-6-21-16-28-13-11-24(21)27(31)32-4/h7-11,13,15-19H,5-6,12,14H2,1-4H3/t19-/m1/s1. The lowest BCUT2D eigenvalue weighted by Crippen LogP contribution is -2.17. The zero-order chi connectivity index (χ0) is 23.4. The fourth-order valence-corrected chi connectivity index (χ4v) is 4.30. The summed E-state index contributed by atoms with van der Waals surface area (Å²) >= 11 is 0. The van der Waals surface area contributed by atoms with Gasteiger partial charge in [0.1, 0.15) is 11.6 Å². The normalized spacial score (nSPS) is 15.0. The van der Waals surface area contributed by atoms with Crippen molar-refractivity contribution in [1.29, 1.82) is 0 Å². The highest BCUT2D eigenvalue weighted by atomic mass is 16.5. The average Bonchev–Trinajstić information content (AvgIpc) is 2.86. The fraction of sp³-hybridized carbons (Fsp3) is 0.370. The number of carbonyl (C=O) groups excluding carboxylic acids is 1. The molecule has 0 saturated carbocycles. The average molecular weight is 446 g/mol. The Morgan fingerprint density at radius 1 is 1.21 bits per heavy atom. The SMILES string of the molecule is COC(=O)c1ccncc1CC[C@@H]1CCOc2cc(N(C)c3ccc(C(C)C)cn3)ccc21. The third-order valence-corrected chi connectivity index (χ3v) is 6.40. The number of anilines is 2. The molecule has 0 bridgehead atoms. The Hall–Kier alpha value is -3.41. The molecule has 0 fully saturated rings. The smallest absolute Gasteiger partial charge is 0.338 e. The van der Waals surface area contributed by atoms with Crippen LogP contribution in [0.3, 0.4) is 0 Å². The van der Waals surface area contributed by atoms with Gasteiger partial charge in [0.25, 0.3) is 0 Å². The van der Waals surface area contributed by atoms with Crippen molar-refractivity contribution in [2.24, 2.45) is 0 Å². The second-order valence-electron chi connectivity index (χ2n) is 8.78. The maximum absolute atomic E-state index is 12.1. The van der Waals surface area contributed by atoms with E-state index < -0.39 is 0 Å². The third-order valence-electron chi connectivity index (χ3n) is 6.40. The zero-order valence-corrected chi connectivity index (χ0v) is 19.7. The molecule has 0 saturated heterocycles. The van der Waals surface area contributed by atoms with E-state index in [9.17, 15) is 4.79 Å². The molecule has 1 atom stereocenters. The van der Waals surface area contributed by atoms with Gasteiger partial charge < -0.3 is 14.4 Å². The monoisotopic (exact) mass is 445 g/mol. The van der Waals surface area contributed by atoms with Crippen LogP contribution in [-0.4, -0.2) is 36.7 Å². The van der Waals surface area contributed by atoms with E-state index in [1.807, 2.05) is 13.2 Å². The van der Waals surface area contributed by atoms with Crippen LogP contribution in [0.2, 0.25) is 0 Å². The number of methoxy groups -OCH3 is 1. The first-order valence-electron chi connectivity index (χ1n) is 11.5. The van der Waals surface area contributed by atoms with E-state index >= 15 is 0 Å². The molecule has 0 spiro atoms. The second kappa shape index (κ2) is 10.0. The topological polar surface area (TPSA) is 64.6 Å². The number of pyridine rings is 2. The van der Waals surface area contributed by atoms with E-state index in [2.05, 4.69) is 59.0 Å². The van der Waals surface area contributed by atoms with Crippen molar-refractivity contribution in [3.05, 3.63) is 77.2 Å². The first-order valence-corrected chi connectivity index (χ1v) is 11.5. The van der Waals surface area contributed by atoms with Gasteiger partial charge in [-0.25, -0.2) is 9.78 Å². The van der Waals surface area contributed by atoms with Crippen molar-refractivity contribution >= 4 is 17.5 Å². The van der Waals surface area contributed by atoms with Crippen molar-refractivity contribution in [1.82, 2.24) is 9.97 Å². The number of carbonyl (C=O) groups is 1. The third kappa shape index (κ3) is 5.00. The summed E-state index contributed by atoms with van der Waals surface area (Å²) in [5, 5.41) is 0. The predicted molar refractivity (Wildman–Crippen MR) is 130 cm³/mol. The minimum absolute atomic E-state index is 0.317. The molecule has 1 aliphatic rings. The molecule has 6 heteroatoms. The lowest BCUT2D eigenvalue weighted by molar-refractivity contribution is 0.0599. The van der Waals surface area contributed by atoms with Crippen LogP contribution >= 0.6 is 0 Å². The zero-order valence-electron chi connectivity index (χ0n) is 19.7. The highest BCUT2D eigenvalue weighted by molar-refractivity contribution is 5.90. The summed E-state index contributed by atoms with van der Waals surface area (Å²) in [4.78, 5) is 23.0. The number of hydrogen-bond donors (Lipinski definition) is 0. The summed E-state index contributed by atoms with van der Waals surface area (Å²) in [7, 11) is 3.43. The summed E-state index contributed by atoms with van der Waals surface area (Å²) in [5.41, 5.74) is 5.00. The molecule has 0 amide bonds. The summed E-state index contributed by atoms with van der Waals surface area (Å²) in [5.74, 6) is 2.33. The Morgan fingerprint density at radius 3 is 2.79 bits per heavy atom. The Labute approximate surface area is 195 Å². The molecule has 1 aliphatic heterocycles. The number of rotatable bonds is 7. The number of fused-ring (bicyclic) bond motifs is 1. The minimum atomic E-state index is -0.317. The van der Waals surface area contributed by atoms with Gasteiger partial charge in [0, 0.05) is 37.4 Å². The first-order chi connectivity index (χ1) is 16.0. The largest absolute Gasteiger partial charge is 0.493 e. The fourth-order valence-electron chi connectivity index (χ4n) is 4.30.